The Morgan fingerprint density at radius 3 is 2.08 bits per heavy atom. The molecule has 0 fully saturated rings. The molecule has 1 unspecified atom stereocenters. The van der Waals surface area contributed by atoms with Gasteiger partial charge in [-0.25, -0.2) is 0 Å². The van der Waals surface area contributed by atoms with Crippen LogP contribution in [0, 0.1) is 6.92 Å². The molecular weight excluding hydrogens is 163 g/mol. The van der Waals surface area contributed by atoms with Crippen LogP contribution in [0.4, 0.5) is 0 Å². The first-order chi connectivity index (χ1) is 5.70. The van der Waals surface area contributed by atoms with Crippen molar-refractivity contribution >= 4 is 14.5 Å². The van der Waals surface area contributed by atoms with Gasteiger partial charge in [-0.3, -0.25) is 0 Å². The zero-order valence-electron chi connectivity index (χ0n) is 8.15. The van der Waals surface area contributed by atoms with E-state index in [4.69, 9.17) is 0 Å². The normalized spacial score (nSPS) is 10.3. The standard InChI is InChI=1S/C11H17P/c1-4-9-8(3)6-7-11(12)10(9)5-2/h6-7H,4-5,12H2,1-3H3. The van der Waals surface area contributed by atoms with Crippen molar-refractivity contribution in [3.8, 4) is 0 Å². The summed E-state index contributed by atoms with van der Waals surface area (Å²) in [4.78, 5) is 0. The lowest BCUT2D eigenvalue weighted by Gasteiger charge is -2.11. The molecule has 0 saturated carbocycles. The van der Waals surface area contributed by atoms with E-state index in [2.05, 4.69) is 42.1 Å². The van der Waals surface area contributed by atoms with E-state index in [0.29, 0.717) is 0 Å². The SMILES string of the molecule is CCc1c(C)ccc(P)c1CC. The third kappa shape index (κ3) is 1.69. The van der Waals surface area contributed by atoms with E-state index in [-0.39, 0.29) is 0 Å². The number of aryl methyl sites for hydroxylation is 1. The molecule has 12 heavy (non-hydrogen) atoms. The van der Waals surface area contributed by atoms with Crippen molar-refractivity contribution < 1.29 is 0 Å². The quantitative estimate of drug-likeness (QED) is 0.614. The fraction of sp³-hybridized carbons (Fsp3) is 0.455. The molecule has 0 N–H and O–H groups in total. The largest absolute Gasteiger partial charge is 0.105 e. The Morgan fingerprint density at radius 1 is 1.08 bits per heavy atom. The van der Waals surface area contributed by atoms with E-state index >= 15 is 0 Å². The van der Waals surface area contributed by atoms with E-state index in [9.17, 15) is 0 Å². The number of rotatable bonds is 2. The summed E-state index contributed by atoms with van der Waals surface area (Å²) < 4.78 is 0. The van der Waals surface area contributed by atoms with Crippen molar-refractivity contribution in [1.82, 2.24) is 0 Å². The summed E-state index contributed by atoms with van der Waals surface area (Å²) in [6.45, 7) is 6.65. The highest BCUT2D eigenvalue weighted by Gasteiger charge is 2.04. The van der Waals surface area contributed by atoms with Crippen LogP contribution >= 0.6 is 9.24 Å². The van der Waals surface area contributed by atoms with Gasteiger partial charge in [0.25, 0.3) is 0 Å². The summed E-state index contributed by atoms with van der Waals surface area (Å²) in [5, 5.41) is 1.36. The van der Waals surface area contributed by atoms with Crippen molar-refractivity contribution in [3.63, 3.8) is 0 Å². The van der Waals surface area contributed by atoms with Gasteiger partial charge in [-0.1, -0.05) is 26.0 Å². The summed E-state index contributed by atoms with van der Waals surface area (Å²) >= 11 is 0. The molecule has 0 radical (unpaired) electrons. The molecule has 1 aromatic rings. The second-order valence-electron chi connectivity index (χ2n) is 3.14. The first-order valence-electron chi connectivity index (χ1n) is 4.57. The predicted octanol–water partition coefficient (Wildman–Crippen LogP) is 2.62. The van der Waals surface area contributed by atoms with Crippen molar-refractivity contribution in [2.75, 3.05) is 0 Å². The molecule has 0 bridgehead atoms. The van der Waals surface area contributed by atoms with Gasteiger partial charge in [-0.2, -0.15) is 0 Å². The van der Waals surface area contributed by atoms with E-state index < -0.39 is 0 Å². The topological polar surface area (TPSA) is 0 Å². The van der Waals surface area contributed by atoms with Gasteiger partial charge in [0.05, 0.1) is 0 Å². The van der Waals surface area contributed by atoms with E-state index in [1.54, 1.807) is 0 Å². The third-order valence-corrected chi connectivity index (χ3v) is 2.95. The highest BCUT2D eigenvalue weighted by atomic mass is 31.0. The lowest BCUT2D eigenvalue weighted by molar-refractivity contribution is 1.03. The van der Waals surface area contributed by atoms with Gasteiger partial charge in [-0.05, 0) is 41.8 Å². The second kappa shape index (κ2) is 4.05. The highest BCUT2D eigenvalue weighted by Crippen LogP contribution is 2.15. The molecule has 0 spiro atoms. The van der Waals surface area contributed by atoms with Gasteiger partial charge in [-0.15, -0.1) is 9.24 Å². The van der Waals surface area contributed by atoms with Crippen LogP contribution in [-0.4, -0.2) is 0 Å². The smallest absolute Gasteiger partial charge is 0.0268 e. The molecule has 0 amide bonds. The lowest BCUT2D eigenvalue weighted by Crippen LogP contribution is -2.06. The Bertz CT molecular complexity index is 248. The maximum Gasteiger partial charge on any atom is -0.0268 e. The Kier molecular flexibility index (Phi) is 3.29. The van der Waals surface area contributed by atoms with Crippen LogP contribution in [0.3, 0.4) is 0 Å². The summed E-state index contributed by atoms with van der Waals surface area (Å²) in [5.74, 6) is 0. The Balaban J connectivity index is 3.28. The van der Waals surface area contributed by atoms with E-state index in [1.807, 2.05) is 0 Å². The summed E-state index contributed by atoms with van der Waals surface area (Å²) in [7, 11) is 2.82. The molecule has 1 rings (SSSR count). The van der Waals surface area contributed by atoms with Crippen LogP contribution in [0.1, 0.15) is 30.5 Å². The molecule has 0 aliphatic rings. The number of hydrogen-bond acceptors (Lipinski definition) is 0. The lowest BCUT2D eigenvalue weighted by atomic mass is 9.98. The minimum atomic E-state index is 1.14. The Hall–Kier alpha value is -0.350. The van der Waals surface area contributed by atoms with Crippen molar-refractivity contribution in [2.45, 2.75) is 33.6 Å². The molecule has 0 heterocycles. The maximum absolute atomic E-state index is 2.82. The first-order valence-corrected chi connectivity index (χ1v) is 5.15. The van der Waals surface area contributed by atoms with Gasteiger partial charge >= 0.3 is 0 Å². The average molecular weight is 180 g/mol. The summed E-state index contributed by atoms with van der Waals surface area (Å²) in [6, 6.07) is 4.40. The van der Waals surface area contributed by atoms with Crippen LogP contribution in [0.15, 0.2) is 12.1 Å². The first kappa shape index (κ1) is 9.74. The van der Waals surface area contributed by atoms with Crippen LogP contribution in [0.25, 0.3) is 0 Å². The van der Waals surface area contributed by atoms with Crippen LogP contribution < -0.4 is 5.30 Å². The van der Waals surface area contributed by atoms with Crippen LogP contribution in [0.5, 0.6) is 0 Å². The Morgan fingerprint density at radius 2 is 1.67 bits per heavy atom. The highest BCUT2D eigenvalue weighted by molar-refractivity contribution is 7.27. The maximum atomic E-state index is 2.82. The Labute approximate surface area is 77.6 Å². The van der Waals surface area contributed by atoms with Gasteiger partial charge in [0.1, 0.15) is 0 Å². The molecule has 0 saturated heterocycles. The molecule has 0 aliphatic carbocycles. The molecule has 1 heteroatoms. The third-order valence-electron chi connectivity index (χ3n) is 2.41. The fourth-order valence-electron chi connectivity index (χ4n) is 1.74. The van der Waals surface area contributed by atoms with Gasteiger partial charge in [0.2, 0.25) is 0 Å². The number of benzene rings is 1. The average Bonchev–Trinajstić information content (AvgIpc) is 2.08. The second-order valence-corrected chi connectivity index (χ2v) is 3.76. The predicted molar refractivity (Wildman–Crippen MR) is 59.3 cm³/mol. The molecule has 0 aliphatic heterocycles. The van der Waals surface area contributed by atoms with E-state index in [1.165, 1.54) is 22.0 Å². The van der Waals surface area contributed by atoms with Crippen LogP contribution in [0.2, 0.25) is 0 Å². The van der Waals surface area contributed by atoms with E-state index in [0.717, 1.165) is 12.8 Å². The van der Waals surface area contributed by atoms with Crippen molar-refractivity contribution in [2.24, 2.45) is 0 Å². The minimum absolute atomic E-state index is 1.14. The molecule has 0 aromatic heterocycles. The van der Waals surface area contributed by atoms with Crippen molar-refractivity contribution in [3.05, 3.63) is 28.8 Å². The number of hydrogen-bond donors (Lipinski definition) is 0. The molecule has 1 atom stereocenters. The monoisotopic (exact) mass is 180 g/mol. The molecule has 1 aromatic carbocycles. The summed E-state index contributed by atoms with van der Waals surface area (Å²) in [5.41, 5.74) is 4.48. The fourth-order valence-corrected chi connectivity index (χ4v) is 2.21. The molecular formula is C11H17P. The summed E-state index contributed by atoms with van der Waals surface area (Å²) in [6.07, 6.45) is 2.29. The zero-order chi connectivity index (χ0) is 9.14. The minimum Gasteiger partial charge on any atom is -0.105 e. The zero-order valence-corrected chi connectivity index (χ0v) is 9.30. The van der Waals surface area contributed by atoms with Crippen molar-refractivity contribution in [1.29, 1.82) is 0 Å². The van der Waals surface area contributed by atoms with Crippen LogP contribution in [-0.2, 0) is 12.8 Å². The molecule has 0 nitrogen and oxygen atoms in total. The van der Waals surface area contributed by atoms with Gasteiger partial charge in [0.15, 0.2) is 0 Å². The van der Waals surface area contributed by atoms with Gasteiger partial charge in [0, 0.05) is 0 Å². The molecule has 66 valence electrons. The van der Waals surface area contributed by atoms with Gasteiger partial charge < -0.3 is 0 Å².